The topological polar surface area (TPSA) is 32.3 Å². The van der Waals surface area contributed by atoms with E-state index in [4.69, 9.17) is 0 Å². The van der Waals surface area contributed by atoms with Crippen LogP contribution in [0.1, 0.15) is 17.2 Å². The summed E-state index contributed by atoms with van der Waals surface area (Å²) in [5, 5.41) is 12.6. The van der Waals surface area contributed by atoms with Crippen molar-refractivity contribution in [2.24, 2.45) is 0 Å². The third kappa shape index (κ3) is 3.86. The van der Waals surface area contributed by atoms with Crippen LogP contribution < -0.4 is 5.32 Å². The second kappa shape index (κ2) is 6.80. The maximum Gasteiger partial charge on any atom is 0.137 e. The van der Waals surface area contributed by atoms with Crippen LogP contribution in [-0.2, 0) is 6.54 Å². The summed E-state index contributed by atoms with van der Waals surface area (Å²) in [5.41, 5.74) is 1.86. The van der Waals surface area contributed by atoms with Crippen molar-refractivity contribution in [3.63, 3.8) is 0 Å². The maximum absolute atomic E-state index is 13.4. The normalized spacial score (nSPS) is 12.4. The molecule has 2 aromatic rings. The van der Waals surface area contributed by atoms with Crippen LogP contribution >= 0.6 is 15.9 Å². The molecule has 0 unspecified atom stereocenters. The number of rotatable bonds is 5. The number of benzene rings is 2. The van der Waals surface area contributed by atoms with Crippen LogP contribution in [-0.4, -0.2) is 11.7 Å². The van der Waals surface area contributed by atoms with Crippen LogP contribution in [0.15, 0.2) is 53.0 Å². The summed E-state index contributed by atoms with van der Waals surface area (Å²) in [6.45, 7) is 0.507. The van der Waals surface area contributed by atoms with Crippen LogP contribution in [0, 0.1) is 5.82 Å². The zero-order valence-electron chi connectivity index (χ0n) is 10.3. The van der Waals surface area contributed by atoms with Crippen molar-refractivity contribution >= 4 is 15.9 Å². The molecule has 0 radical (unpaired) electrons. The Morgan fingerprint density at radius 2 is 1.89 bits per heavy atom. The van der Waals surface area contributed by atoms with Gasteiger partial charge in [0.15, 0.2) is 0 Å². The summed E-state index contributed by atoms with van der Waals surface area (Å²) in [6.07, 6.45) is 0. The Morgan fingerprint density at radius 1 is 1.16 bits per heavy atom. The fourth-order valence-electron chi connectivity index (χ4n) is 1.86. The highest BCUT2D eigenvalue weighted by atomic mass is 79.9. The van der Waals surface area contributed by atoms with Gasteiger partial charge in [-0.05, 0) is 39.2 Å². The van der Waals surface area contributed by atoms with Gasteiger partial charge in [-0.2, -0.15) is 0 Å². The average Bonchev–Trinajstić information content (AvgIpc) is 2.44. The van der Waals surface area contributed by atoms with Crippen molar-refractivity contribution in [1.82, 2.24) is 5.32 Å². The average molecular weight is 324 g/mol. The minimum absolute atomic E-state index is 0.00300. The SMILES string of the molecule is OC[C@H](NCc1ccc(Br)c(F)c1)c1ccccc1. The molecule has 0 bridgehead atoms. The highest BCUT2D eigenvalue weighted by Gasteiger charge is 2.09. The summed E-state index contributed by atoms with van der Waals surface area (Å²) in [6, 6.07) is 14.6. The predicted molar refractivity (Wildman–Crippen MR) is 77.2 cm³/mol. The molecule has 0 aliphatic carbocycles. The molecule has 19 heavy (non-hydrogen) atoms. The molecule has 1 atom stereocenters. The van der Waals surface area contributed by atoms with E-state index >= 15 is 0 Å². The molecule has 0 fully saturated rings. The largest absolute Gasteiger partial charge is 0.394 e. The summed E-state index contributed by atoms with van der Waals surface area (Å²) < 4.78 is 13.8. The van der Waals surface area contributed by atoms with Gasteiger partial charge in [0.2, 0.25) is 0 Å². The first kappa shape index (κ1) is 14.2. The van der Waals surface area contributed by atoms with Gasteiger partial charge < -0.3 is 10.4 Å². The fourth-order valence-corrected chi connectivity index (χ4v) is 2.11. The van der Waals surface area contributed by atoms with Gasteiger partial charge in [0, 0.05) is 6.54 Å². The van der Waals surface area contributed by atoms with Gasteiger partial charge in [-0.25, -0.2) is 4.39 Å². The van der Waals surface area contributed by atoms with Gasteiger partial charge in [-0.15, -0.1) is 0 Å². The summed E-state index contributed by atoms with van der Waals surface area (Å²) in [7, 11) is 0. The lowest BCUT2D eigenvalue weighted by molar-refractivity contribution is 0.243. The molecular weight excluding hydrogens is 309 g/mol. The first-order valence-corrected chi connectivity index (χ1v) is 6.83. The Balaban J connectivity index is 2.02. The number of nitrogens with one attached hydrogen (secondary N) is 1. The van der Waals surface area contributed by atoms with Crippen LogP contribution in [0.2, 0.25) is 0 Å². The van der Waals surface area contributed by atoms with E-state index in [0.29, 0.717) is 11.0 Å². The van der Waals surface area contributed by atoms with E-state index in [1.54, 1.807) is 6.07 Å². The zero-order chi connectivity index (χ0) is 13.7. The van der Waals surface area contributed by atoms with E-state index in [1.807, 2.05) is 36.4 Å². The smallest absolute Gasteiger partial charge is 0.137 e. The standard InChI is InChI=1S/C15H15BrFNO/c16-13-7-6-11(8-14(13)17)9-18-15(10-19)12-4-2-1-3-5-12/h1-8,15,18-19H,9-10H2/t15-/m0/s1. The number of aliphatic hydroxyl groups is 1. The first-order valence-electron chi connectivity index (χ1n) is 6.04. The lowest BCUT2D eigenvalue weighted by Crippen LogP contribution is -2.23. The monoisotopic (exact) mass is 323 g/mol. The second-order valence-electron chi connectivity index (χ2n) is 4.28. The summed E-state index contributed by atoms with van der Waals surface area (Å²) in [4.78, 5) is 0. The molecule has 0 spiro atoms. The fraction of sp³-hybridized carbons (Fsp3) is 0.200. The predicted octanol–water partition coefficient (Wildman–Crippen LogP) is 3.41. The minimum Gasteiger partial charge on any atom is -0.394 e. The third-order valence-electron chi connectivity index (χ3n) is 2.92. The molecule has 2 nitrogen and oxygen atoms in total. The molecule has 0 aliphatic heterocycles. The number of aliphatic hydroxyl groups excluding tert-OH is 1. The Bertz CT molecular complexity index is 533. The molecular formula is C15H15BrFNO. The molecule has 4 heteroatoms. The minimum atomic E-state index is -0.278. The zero-order valence-corrected chi connectivity index (χ0v) is 11.9. The number of hydrogen-bond acceptors (Lipinski definition) is 2. The van der Waals surface area contributed by atoms with Gasteiger partial charge in [-0.3, -0.25) is 0 Å². The van der Waals surface area contributed by atoms with Crippen molar-refractivity contribution in [1.29, 1.82) is 0 Å². The maximum atomic E-state index is 13.4. The van der Waals surface area contributed by atoms with Gasteiger partial charge in [-0.1, -0.05) is 36.4 Å². The number of halogens is 2. The quantitative estimate of drug-likeness (QED) is 0.883. The molecule has 0 aliphatic rings. The second-order valence-corrected chi connectivity index (χ2v) is 5.13. The molecule has 2 rings (SSSR count). The Kier molecular flexibility index (Phi) is 5.07. The molecule has 100 valence electrons. The van der Waals surface area contributed by atoms with Gasteiger partial charge in [0.25, 0.3) is 0 Å². The molecule has 0 amide bonds. The summed E-state index contributed by atoms with van der Waals surface area (Å²) in [5.74, 6) is -0.278. The van der Waals surface area contributed by atoms with E-state index in [1.165, 1.54) is 6.07 Å². The lowest BCUT2D eigenvalue weighted by Gasteiger charge is -2.16. The van der Waals surface area contributed by atoms with Gasteiger partial charge >= 0.3 is 0 Å². The van der Waals surface area contributed by atoms with E-state index in [9.17, 15) is 9.50 Å². The Morgan fingerprint density at radius 3 is 2.53 bits per heavy atom. The van der Waals surface area contributed by atoms with Gasteiger partial charge in [0.1, 0.15) is 5.82 Å². The summed E-state index contributed by atoms with van der Waals surface area (Å²) >= 11 is 3.12. The van der Waals surface area contributed by atoms with Crippen molar-refractivity contribution in [3.05, 3.63) is 69.9 Å². The van der Waals surface area contributed by atoms with Crippen LogP contribution in [0.4, 0.5) is 4.39 Å². The van der Waals surface area contributed by atoms with Crippen molar-refractivity contribution in [2.45, 2.75) is 12.6 Å². The molecule has 0 aromatic heterocycles. The first-order chi connectivity index (χ1) is 9.20. The van der Waals surface area contributed by atoms with Crippen LogP contribution in [0.25, 0.3) is 0 Å². The van der Waals surface area contributed by atoms with Crippen LogP contribution in [0.3, 0.4) is 0 Å². The van der Waals surface area contributed by atoms with Crippen molar-refractivity contribution < 1.29 is 9.50 Å². The highest BCUT2D eigenvalue weighted by Crippen LogP contribution is 2.17. The highest BCUT2D eigenvalue weighted by molar-refractivity contribution is 9.10. The van der Waals surface area contributed by atoms with E-state index < -0.39 is 0 Å². The van der Waals surface area contributed by atoms with Crippen molar-refractivity contribution in [3.8, 4) is 0 Å². The lowest BCUT2D eigenvalue weighted by atomic mass is 10.1. The van der Waals surface area contributed by atoms with E-state index in [2.05, 4.69) is 21.2 Å². The Hall–Kier alpha value is -1.23. The van der Waals surface area contributed by atoms with Gasteiger partial charge in [0.05, 0.1) is 17.1 Å². The molecule has 0 saturated heterocycles. The van der Waals surface area contributed by atoms with Crippen molar-refractivity contribution in [2.75, 3.05) is 6.61 Å². The molecule has 2 N–H and O–H groups in total. The van der Waals surface area contributed by atoms with Crippen LogP contribution in [0.5, 0.6) is 0 Å². The number of hydrogen-bond donors (Lipinski definition) is 2. The third-order valence-corrected chi connectivity index (χ3v) is 3.56. The molecule has 2 aromatic carbocycles. The van der Waals surface area contributed by atoms with E-state index in [-0.39, 0.29) is 18.5 Å². The Labute approximate surface area is 120 Å². The molecule has 0 saturated carbocycles. The van der Waals surface area contributed by atoms with E-state index in [0.717, 1.165) is 11.1 Å². The molecule has 0 heterocycles.